The number of halogens is 4. The van der Waals surface area contributed by atoms with E-state index in [2.05, 4.69) is 4.42 Å². The lowest BCUT2D eigenvalue weighted by Crippen LogP contribution is -2.22. The molecule has 0 radical (unpaired) electrons. The third-order valence-electron chi connectivity index (χ3n) is 2.03. The lowest BCUT2D eigenvalue weighted by atomic mass is 10.3. The molecule has 1 unspecified atom stereocenters. The SMILES string of the molecule is O=c1oc2ccc(Cl)cc2n1C(F)C(F)F. The number of hydrogen-bond acceptors (Lipinski definition) is 2. The Kier molecular flexibility index (Phi) is 2.67. The Morgan fingerprint density at radius 1 is 1.31 bits per heavy atom. The molecule has 16 heavy (non-hydrogen) atoms. The number of nitrogens with zero attached hydrogens (tertiary/aromatic N) is 1. The molecule has 0 spiro atoms. The zero-order valence-corrected chi connectivity index (χ0v) is 8.42. The van der Waals surface area contributed by atoms with Crippen LogP contribution in [0.4, 0.5) is 13.2 Å². The molecule has 0 N–H and O–H groups in total. The molecule has 0 fully saturated rings. The second-order valence-corrected chi connectivity index (χ2v) is 3.49. The van der Waals surface area contributed by atoms with Gasteiger partial charge in [0.1, 0.15) is 0 Å². The van der Waals surface area contributed by atoms with Crippen LogP contribution in [0.25, 0.3) is 11.1 Å². The fourth-order valence-electron chi connectivity index (χ4n) is 1.35. The van der Waals surface area contributed by atoms with Gasteiger partial charge in [0.15, 0.2) is 5.58 Å². The highest BCUT2D eigenvalue weighted by atomic mass is 35.5. The van der Waals surface area contributed by atoms with E-state index < -0.39 is 18.5 Å². The Labute approximate surface area is 92.0 Å². The molecule has 0 aliphatic rings. The maximum absolute atomic E-state index is 13.1. The quantitative estimate of drug-likeness (QED) is 0.822. The fraction of sp³-hybridized carbons (Fsp3) is 0.222. The van der Waals surface area contributed by atoms with Crippen LogP contribution >= 0.6 is 11.6 Å². The summed E-state index contributed by atoms with van der Waals surface area (Å²) < 4.78 is 42.3. The monoisotopic (exact) mass is 251 g/mol. The second-order valence-electron chi connectivity index (χ2n) is 3.06. The van der Waals surface area contributed by atoms with E-state index in [1.807, 2.05) is 0 Å². The van der Waals surface area contributed by atoms with Crippen LogP contribution < -0.4 is 5.76 Å². The average Bonchev–Trinajstić information content (AvgIpc) is 2.52. The van der Waals surface area contributed by atoms with Gasteiger partial charge in [0.05, 0.1) is 5.52 Å². The highest BCUT2D eigenvalue weighted by molar-refractivity contribution is 6.31. The molecular formula is C9H5ClF3NO2. The molecule has 0 aliphatic heterocycles. The topological polar surface area (TPSA) is 35.1 Å². The average molecular weight is 252 g/mol. The first-order chi connectivity index (χ1) is 7.50. The number of rotatable bonds is 2. The van der Waals surface area contributed by atoms with E-state index in [0.717, 1.165) is 0 Å². The van der Waals surface area contributed by atoms with Gasteiger partial charge in [-0.1, -0.05) is 11.6 Å². The minimum atomic E-state index is -3.31. The molecule has 7 heteroatoms. The third-order valence-corrected chi connectivity index (χ3v) is 2.26. The van der Waals surface area contributed by atoms with Gasteiger partial charge < -0.3 is 4.42 Å². The van der Waals surface area contributed by atoms with E-state index in [1.54, 1.807) is 0 Å². The molecule has 0 bridgehead atoms. The molecule has 1 aromatic heterocycles. The molecule has 86 valence electrons. The van der Waals surface area contributed by atoms with Crippen LogP contribution in [0.1, 0.15) is 6.30 Å². The van der Waals surface area contributed by atoms with Crippen molar-refractivity contribution in [3.8, 4) is 0 Å². The number of alkyl halides is 3. The molecule has 2 aromatic rings. The molecular weight excluding hydrogens is 247 g/mol. The first kappa shape index (κ1) is 11.1. The normalized spacial score (nSPS) is 13.6. The van der Waals surface area contributed by atoms with Crippen molar-refractivity contribution >= 4 is 22.7 Å². The van der Waals surface area contributed by atoms with Gasteiger partial charge >= 0.3 is 5.76 Å². The van der Waals surface area contributed by atoms with Crippen LogP contribution in [0.15, 0.2) is 27.4 Å². The Balaban J connectivity index is 2.72. The van der Waals surface area contributed by atoms with Crippen molar-refractivity contribution in [1.29, 1.82) is 0 Å². The van der Waals surface area contributed by atoms with Gasteiger partial charge in [0, 0.05) is 5.02 Å². The van der Waals surface area contributed by atoms with Crippen LogP contribution in [-0.2, 0) is 0 Å². The predicted molar refractivity (Wildman–Crippen MR) is 51.6 cm³/mol. The van der Waals surface area contributed by atoms with Gasteiger partial charge in [-0.25, -0.2) is 22.5 Å². The number of aromatic nitrogens is 1. The molecule has 0 aliphatic carbocycles. The number of oxazole rings is 1. The van der Waals surface area contributed by atoms with Gasteiger partial charge in [-0.2, -0.15) is 0 Å². The number of fused-ring (bicyclic) bond motifs is 1. The molecule has 2 rings (SSSR count). The summed E-state index contributed by atoms with van der Waals surface area (Å²) in [4.78, 5) is 11.2. The lowest BCUT2D eigenvalue weighted by Gasteiger charge is -2.07. The van der Waals surface area contributed by atoms with Crippen molar-refractivity contribution in [1.82, 2.24) is 4.57 Å². The molecule has 1 atom stereocenters. The van der Waals surface area contributed by atoms with E-state index in [9.17, 15) is 18.0 Å². The predicted octanol–water partition coefficient (Wildman–Crippen LogP) is 2.98. The number of benzene rings is 1. The first-order valence-electron chi connectivity index (χ1n) is 4.23. The van der Waals surface area contributed by atoms with Crippen molar-refractivity contribution in [3.05, 3.63) is 33.8 Å². The molecule has 0 saturated carbocycles. The van der Waals surface area contributed by atoms with Crippen LogP contribution in [0.5, 0.6) is 0 Å². The van der Waals surface area contributed by atoms with Gasteiger partial charge in [-0.05, 0) is 18.2 Å². The van der Waals surface area contributed by atoms with E-state index in [4.69, 9.17) is 11.6 Å². The zero-order valence-electron chi connectivity index (χ0n) is 7.66. The summed E-state index contributed by atoms with van der Waals surface area (Å²) in [6, 6.07) is 3.91. The highest BCUT2D eigenvalue weighted by Gasteiger charge is 2.26. The van der Waals surface area contributed by atoms with E-state index in [1.165, 1.54) is 18.2 Å². The van der Waals surface area contributed by atoms with Crippen molar-refractivity contribution < 1.29 is 17.6 Å². The third kappa shape index (κ3) is 1.69. The number of hydrogen-bond donors (Lipinski definition) is 0. The van der Waals surface area contributed by atoms with Crippen molar-refractivity contribution in [3.63, 3.8) is 0 Å². The van der Waals surface area contributed by atoms with E-state index in [-0.39, 0.29) is 20.7 Å². The minimum absolute atomic E-state index is 0.0118. The van der Waals surface area contributed by atoms with Crippen molar-refractivity contribution in [2.45, 2.75) is 12.7 Å². The highest BCUT2D eigenvalue weighted by Crippen LogP contribution is 2.24. The standard InChI is InChI=1S/C9H5ClF3NO2/c10-4-1-2-6-5(3-4)14(9(15)16-6)8(13)7(11)12/h1-3,7-8H. The summed E-state index contributed by atoms with van der Waals surface area (Å²) in [5.41, 5.74) is -0.0806. The smallest absolute Gasteiger partial charge is 0.408 e. The van der Waals surface area contributed by atoms with Gasteiger partial charge in [0.2, 0.25) is 6.30 Å². The van der Waals surface area contributed by atoms with E-state index in [0.29, 0.717) is 0 Å². The fourth-order valence-corrected chi connectivity index (χ4v) is 1.52. The second kappa shape index (κ2) is 3.86. The Morgan fingerprint density at radius 2 is 2.00 bits per heavy atom. The largest absolute Gasteiger partial charge is 0.422 e. The molecule has 1 heterocycles. The molecule has 0 amide bonds. The van der Waals surface area contributed by atoms with E-state index >= 15 is 0 Å². The summed E-state index contributed by atoms with van der Waals surface area (Å²) in [5, 5.41) is 0.198. The Morgan fingerprint density at radius 3 is 2.62 bits per heavy atom. The molecule has 0 saturated heterocycles. The van der Waals surface area contributed by atoms with Crippen LogP contribution in [0.2, 0.25) is 5.02 Å². The maximum Gasteiger partial charge on any atom is 0.422 e. The summed E-state index contributed by atoms with van der Waals surface area (Å²) in [6.07, 6.45) is -6.05. The molecule has 1 aromatic carbocycles. The van der Waals surface area contributed by atoms with Crippen LogP contribution in [0, 0.1) is 0 Å². The lowest BCUT2D eigenvalue weighted by molar-refractivity contribution is 0.00657. The van der Waals surface area contributed by atoms with Gasteiger partial charge in [-0.3, -0.25) is 0 Å². The summed E-state index contributed by atoms with van der Waals surface area (Å²) in [6.45, 7) is 0. The summed E-state index contributed by atoms with van der Waals surface area (Å²) in [7, 11) is 0. The van der Waals surface area contributed by atoms with Crippen molar-refractivity contribution in [2.75, 3.05) is 0 Å². The zero-order chi connectivity index (χ0) is 11.9. The van der Waals surface area contributed by atoms with Crippen LogP contribution in [0.3, 0.4) is 0 Å². The summed E-state index contributed by atoms with van der Waals surface area (Å²) >= 11 is 5.62. The minimum Gasteiger partial charge on any atom is -0.408 e. The maximum atomic E-state index is 13.1. The summed E-state index contributed by atoms with van der Waals surface area (Å²) in [5.74, 6) is -1.18. The Bertz CT molecular complexity index is 578. The molecule has 3 nitrogen and oxygen atoms in total. The first-order valence-corrected chi connectivity index (χ1v) is 4.61. The Hall–Kier alpha value is -1.43. The van der Waals surface area contributed by atoms with Crippen LogP contribution in [-0.4, -0.2) is 11.0 Å². The van der Waals surface area contributed by atoms with Crippen molar-refractivity contribution in [2.24, 2.45) is 0 Å². The van der Waals surface area contributed by atoms with Gasteiger partial charge in [0.25, 0.3) is 6.43 Å². The van der Waals surface area contributed by atoms with Gasteiger partial charge in [-0.15, -0.1) is 0 Å².